The standard InChI is InChI=1S/C10H24Cl3N3P.ClHO4/c1-6-15(7-2)17(14-5,10(11,12)13)16(8-3)9-4;2-1(3,4)5/h14H,6-9H2,1-5H3;(H,2,3,4,5)/p-1. The number of alkyl halides is 3. The number of nitrogens with zero attached hydrogens (tertiary/aromatic N) is 2. The molecule has 0 aromatic heterocycles. The van der Waals surface area contributed by atoms with Crippen molar-refractivity contribution < 1.29 is 28.9 Å². The van der Waals surface area contributed by atoms with E-state index in [1.807, 2.05) is 7.05 Å². The van der Waals surface area contributed by atoms with E-state index in [0.717, 1.165) is 26.2 Å². The molecule has 0 fully saturated rings. The van der Waals surface area contributed by atoms with Gasteiger partial charge in [0.25, 0.3) is 0 Å². The van der Waals surface area contributed by atoms with E-state index in [0.29, 0.717) is 0 Å². The molecule has 0 unspecified atom stereocenters. The van der Waals surface area contributed by atoms with Gasteiger partial charge in [0.05, 0.1) is 0 Å². The lowest BCUT2D eigenvalue weighted by Crippen LogP contribution is -2.68. The highest BCUT2D eigenvalue weighted by Crippen LogP contribution is 2.74. The van der Waals surface area contributed by atoms with Crippen molar-refractivity contribution in [1.29, 1.82) is 0 Å². The van der Waals surface area contributed by atoms with Crippen LogP contribution in [0.1, 0.15) is 27.7 Å². The first-order valence-corrected chi connectivity index (χ1v) is 10.7. The summed E-state index contributed by atoms with van der Waals surface area (Å²) < 4.78 is 37.1. The fourth-order valence-electron chi connectivity index (χ4n) is 2.18. The molecule has 0 aliphatic carbocycles. The Hall–Kier alpha value is 1.31. The van der Waals surface area contributed by atoms with Gasteiger partial charge in [-0.3, -0.25) is 14.4 Å². The summed E-state index contributed by atoms with van der Waals surface area (Å²) >= 11 is 18.9. The maximum atomic E-state index is 8.49. The van der Waals surface area contributed by atoms with Crippen LogP contribution in [-0.4, -0.2) is 46.1 Å². The molecule has 1 N–H and O–H groups in total. The van der Waals surface area contributed by atoms with Gasteiger partial charge in [0, 0.05) is 26.2 Å². The van der Waals surface area contributed by atoms with E-state index < -0.39 is 21.5 Å². The highest BCUT2D eigenvalue weighted by atomic mass is 35.7. The zero-order valence-corrected chi connectivity index (χ0v) is 17.2. The van der Waals surface area contributed by atoms with E-state index >= 15 is 0 Å². The summed E-state index contributed by atoms with van der Waals surface area (Å²) in [6, 6.07) is 0. The van der Waals surface area contributed by atoms with Crippen LogP contribution >= 0.6 is 42.5 Å². The Morgan fingerprint density at radius 3 is 1.18 bits per heavy atom. The van der Waals surface area contributed by atoms with Crippen LogP contribution in [0.2, 0.25) is 0 Å². The average molecular weight is 423 g/mol. The van der Waals surface area contributed by atoms with Gasteiger partial charge in [-0.25, -0.2) is 18.6 Å². The van der Waals surface area contributed by atoms with Crippen molar-refractivity contribution in [1.82, 2.24) is 14.4 Å². The van der Waals surface area contributed by atoms with Crippen LogP contribution in [0.3, 0.4) is 0 Å². The third-order valence-corrected chi connectivity index (χ3v) is 9.16. The van der Waals surface area contributed by atoms with Crippen LogP contribution in [0.4, 0.5) is 0 Å². The smallest absolute Gasteiger partial charge is 0.243 e. The summed E-state index contributed by atoms with van der Waals surface area (Å²) in [6.07, 6.45) is 0. The van der Waals surface area contributed by atoms with Gasteiger partial charge in [-0.2, -0.15) is 0 Å². The van der Waals surface area contributed by atoms with E-state index in [2.05, 4.69) is 42.1 Å². The predicted molar refractivity (Wildman–Crippen MR) is 82.1 cm³/mol. The molecule has 0 amide bonds. The second-order valence-electron chi connectivity index (χ2n) is 3.95. The maximum Gasteiger partial charge on any atom is 0.243 e. The van der Waals surface area contributed by atoms with E-state index in [9.17, 15) is 0 Å². The van der Waals surface area contributed by atoms with Crippen molar-refractivity contribution in [2.24, 2.45) is 0 Å². The Bertz CT molecular complexity index is 279. The van der Waals surface area contributed by atoms with E-state index in [4.69, 9.17) is 53.4 Å². The van der Waals surface area contributed by atoms with E-state index in [-0.39, 0.29) is 0 Å². The lowest BCUT2D eigenvalue weighted by Gasteiger charge is -2.54. The first-order valence-electron chi connectivity index (χ1n) is 6.62. The molecule has 0 saturated heterocycles. The minimum atomic E-state index is -4.94. The molecule has 0 rings (SSSR count). The van der Waals surface area contributed by atoms with Crippen LogP contribution in [0.15, 0.2) is 0 Å². The quantitative estimate of drug-likeness (QED) is 0.423. The predicted octanol–water partition coefficient (Wildman–Crippen LogP) is -0.776. The minimum absolute atomic E-state index is 0.857. The average Bonchev–Trinajstić information content (AvgIpc) is 2.35. The van der Waals surface area contributed by atoms with Crippen molar-refractivity contribution in [3.8, 4) is 0 Å². The fraction of sp³-hybridized carbons (Fsp3) is 1.00. The molecule has 12 heteroatoms. The van der Waals surface area contributed by atoms with Gasteiger partial charge in [0.2, 0.25) is 3.53 Å². The Balaban J connectivity index is 0. The molecule has 22 heavy (non-hydrogen) atoms. The molecule has 0 aromatic rings. The molecule has 0 aliphatic heterocycles. The monoisotopic (exact) mass is 421 g/mol. The molecular formula is C10H24Cl4N3O4P-. The van der Waals surface area contributed by atoms with Crippen LogP contribution in [0.25, 0.3) is 0 Å². The SMILES string of the molecule is CCN(CC)[P](NC)(N(CC)CC)C(Cl)(Cl)Cl.[O-][Cl+3]([O-])([O-])[O-]. The second kappa shape index (κ2) is 11.0. The third kappa shape index (κ3) is 7.92. The summed E-state index contributed by atoms with van der Waals surface area (Å²) in [5.41, 5.74) is 0. The topological polar surface area (TPSA) is 111 Å². The first-order chi connectivity index (χ1) is 9.85. The zero-order valence-electron chi connectivity index (χ0n) is 13.3. The van der Waals surface area contributed by atoms with Gasteiger partial charge in [0.1, 0.15) is 7.71 Å². The van der Waals surface area contributed by atoms with Crippen molar-refractivity contribution in [2.75, 3.05) is 33.2 Å². The molecule has 0 aromatic carbocycles. The number of hydrogen-bond acceptors (Lipinski definition) is 7. The van der Waals surface area contributed by atoms with Crippen molar-refractivity contribution in [3.05, 3.63) is 0 Å². The van der Waals surface area contributed by atoms with Crippen molar-refractivity contribution in [2.45, 2.75) is 31.2 Å². The zero-order chi connectivity index (χ0) is 18.2. The summed E-state index contributed by atoms with van der Waals surface area (Å²) in [6.45, 7) is 11.8. The largest absolute Gasteiger partial charge is 0.277 e. The van der Waals surface area contributed by atoms with E-state index in [1.54, 1.807) is 0 Å². The normalized spacial score (nSPS) is 13.4. The fourth-order valence-corrected chi connectivity index (χ4v) is 8.32. The van der Waals surface area contributed by atoms with Gasteiger partial charge >= 0.3 is 0 Å². The van der Waals surface area contributed by atoms with Gasteiger partial charge in [-0.1, -0.05) is 62.5 Å². The summed E-state index contributed by atoms with van der Waals surface area (Å²) in [7, 11) is -5.23. The van der Waals surface area contributed by atoms with Crippen LogP contribution < -0.4 is 23.7 Å². The molecule has 0 bridgehead atoms. The molecule has 0 spiro atoms. The van der Waals surface area contributed by atoms with Gasteiger partial charge in [-0.15, -0.1) is 10.2 Å². The number of hydrogen-bond donors (Lipinski definition) is 1. The summed E-state index contributed by atoms with van der Waals surface area (Å²) in [4.78, 5) is 0. The molecular weight excluding hydrogens is 399 g/mol. The van der Waals surface area contributed by atoms with Crippen LogP contribution in [-0.2, 0) is 0 Å². The molecule has 0 heterocycles. The molecule has 0 atom stereocenters. The number of rotatable bonds is 7. The Morgan fingerprint density at radius 2 is 1.09 bits per heavy atom. The van der Waals surface area contributed by atoms with Crippen LogP contribution in [0, 0.1) is 10.2 Å². The number of nitrogens with one attached hydrogen (secondary N) is 1. The second-order valence-corrected chi connectivity index (χ2v) is 11.2. The number of halogens is 4. The molecule has 7 nitrogen and oxygen atoms in total. The van der Waals surface area contributed by atoms with Gasteiger partial charge < -0.3 is 0 Å². The van der Waals surface area contributed by atoms with E-state index in [1.165, 1.54) is 0 Å². The van der Waals surface area contributed by atoms with Crippen LogP contribution in [0.5, 0.6) is 0 Å². The Labute approximate surface area is 150 Å². The maximum absolute atomic E-state index is 8.49. The first kappa shape index (κ1) is 25.5. The lowest BCUT2D eigenvalue weighted by molar-refractivity contribution is -2.00. The highest BCUT2D eigenvalue weighted by Gasteiger charge is 2.52. The lowest BCUT2D eigenvalue weighted by atomic mass is 10.7. The molecule has 137 valence electrons. The summed E-state index contributed by atoms with van der Waals surface area (Å²) in [5.74, 6) is 0. The van der Waals surface area contributed by atoms with Crippen molar-refractivity contribution in [3.63, 3.8) is 0 Å². The van der Waals surface area contributed by atoms with Gasteiger partial charge in [-0.05, 0) is 7.05 Å². The molecule has 0 saturated carbocycles. The summed E-state index contributed by atoms with van der Waals surface area (Å²) in [5, 5.41) is 3.33. The minimum Gasteiger partial charge on any atom is -0.277 e. The molecule has 1 radical (unpaired) electrons. The third-order valence-electron chi connectivity index (χ3n) is 2.94. The van der Waals surface area contributed by atoms with Crippen molar-refractivity contribution >= 4 is 42.5 Å². The Kier molecular flexibility index (Phi) is 12.8. The van der Waals surface area contributed by atoms with Gasteiger partial charge in [0.15, 0.2) is 0 Å². The highest BCUT2D eigenvalue weighted by molar-refractivity contribution is 7.76. The Morgan fingerprint density at radius 1 is 0.864 bits per heavy atom. The molecule has 0 aliphatic rings.